The van der Waals surface area contributed by atoms with Crippen LogP contribution in [0.25, 0.3) is 0 Å². The van der Waals surface area contributed by atoms with Gasteiger partial charge in [0.1, 0.15) is 6.04 Å². The maximum absolute atomic E-state index is 12.2. The van der Waals surface area contributed by atoms with Crippen LogP contribution >= 0.6 is 0 Å². The van der Waals surface area contributed by atoms with Crippen LogP contribution in [0, 0.1) is 0 Å². The summed E-state index contributed by atoms with van der Waals surface area (Å²) in [6.45, 7) is 5.71. The number of nitrogens with two attached hydrogens (primary N) is 2. The first-order valence-corrected chi connectivity index (χ1v) is 7.63. The van der Waals surface area contributed by atoms with Gasteiger partial charge in [-0.15, -0.1) is 0 Å². The molecule has 2 unspecified atom stereocenters. The van der Waals surface area contributed by atoms with Gasteiger partial charge in [-0.1, -0.05) is 30.3 Å². The lowest BCUT2D eigenvalue weighted by molar-refractivity contribution is -0.121. The first kappa shape index (κ1) is 17.7. The van der Waals surface area contributed by atoms with Crippen molar-refractivity contribution in [3.63, 3.8) is 0 Å². The zero-order valence-electron chi connectivity index (χ0n) is 13.7. The molecule has 0 radical (unpaired) electrons. The van der Waals surface area contributed by atoms with Crippen LogP contribution in [-0.4, -0.2) is 36.2 Å². The number of benzene rings is 1. The standard InChI is InChI=1S/C16H24BN3O3/c1-10(8-16(2,3)19)14(18)15(21)20-9-13-11-6-4-5-7-12(11)17(22)23-13/h4-8,13-14,22H,9,18-19H2,1-3H3,(H,20,21)/b10-8+. The quantitative estimate of drug-likeness (QED) is 0.435. The number of carbonyl (C=O) groups excluding carboxylic acids is 1. The van der Waals surface area contributed by atoms with Crippen LogP contribution < -0.4 is 22.2 Å². The van der Waals surface area contributed by atoms with Gasteiger partial charge in [0.05, 0.1) is 6.10 Å². The van der Waals surface area contributed by atoms with E-state index in [-0.39, 0.29) is 18.6 Å². The highest BCUT2D eigenvalue weighted by Gasteiger charge is 2.34. The van der Waals surface area contributed by atoms with Gasteiger partial charge in [0, 0.05) is 12.1 Å². The molecule has 1 heterocycles. The lowest BCUT2D eigenvalue weighted by Gasteiger charge is -2.20. The van der Waals surface area contributed by atoms with E-state index in [1.165, 1.54) is 0 Å². The van der Waals surface area contributed by atoms with Gasteiger partial charge in [0.15, 0.2) is 0 Å². The summed E-state index contributed by atoms with van der Waals surface area (Å²) in [5.41, 5.74) is 13.6. The zero-order valence-corrected chi connectivity index (χ0v) is 13.7. The number of hydrogen-bond donors (Lipinski definition) is 4. The van der Waals surface area contributed by atoms with Gasteiger partial charge in [-0.25, -0.2) is 0 Å². The lowest BCUT2D eigenvalue weighted by atomic mass is 9.79. The predicted molar refractivity (Wildman–Crippen MR) is 90.9 cm³/mol. The van der Waals surface area contributed by atoms with Gasteiger partial charge in [0.25, 0.3) is 0 Å². The maximum Gasteiger partial charge on any atom is 0.492 e. The number of rotatable bonds is 5. The van der Waals surface area contributed by atoms with Crippen LogP contribution in [0.2, 0.25) is 0 Å². The van der Waals surface area contributed by atoms with E-state index in [2.05, 4.69) is 5.32 Å². The molecule has 0 saturated carbocycles. The molecule has 1 aliphatic heterocycles. The Morgan fingerprint density at radius 2 is 2.17 bits per heavy atom. The summed E-state index contributed by atoms with van der Waals surface area (Å²) in [4.78, 5) is 12.2. The molecule has 1 amide bonds. The molecule has 0 aliphatic carbocycles. The Morgan fingerprint density at radius 3 is 2.83 bits per heavy atom. The Bertz CT molecular complexity index is 613. The highest BCUT2D eigenvalue weighted by atomic mass is 16.5. The van der Waals surface area contributed by atoms with E-state index in [9.17, 15) is 9.82 Å². The molecule has 1 aromatic rings. The van der Waals surface area contributed by atoms with Crippen LogP contribution in [-0.2, 0) is 9.45 Å². The summed E-state index contributed by atoms with van der Waals surface area (Å²) in [6, 6.07) is 6.63. The molecule has 1 aromatic carbocycles. The summed E-state index contributed by atoms with van der Waals surface area (Å²) in [5, 5.41) is 12.6. The van der Waals surface area contributed by atoms with Crippen molar-refractivity contribution in [2.45, 2.75) is 38.5 Å². The first-order chi connectivity index (χ1) is 10.7. The van der Waals surface area contributed by atoms with Crippen molar-refractivity contribution in [3.8, 4) is 0 Å². The van der Waals surface area contributed by atoms with Crippen molar-refractivity contribution >= 4 is 18.5 Å². The Balaban J connectivity index is 1.97. The molecule has 0 bridgehead atoms. The first-order valence-electron chi connectivity index (χ1n) is 7.63. The molecule has 0 saturated heterocycles. The average molecular weight is 317 g/mol. The molecule has 0 spiro atoms. The second kappa shape index (κ2) is 6.84. The van der Waals surface area contributed by atoms with Crippen molar-refractivity contribution in [1.29, 1.82) is 0 Å². The highest BCUT2D eigenvalue weighted by Crippen LogP contribution is 2.22. The second-order valence-corrected chi connectivity index (χ2v) is 6.54. The number of hydrogen-bond acceptors (Lipinski definition) is 5. The number of nitrogens with one attached hydrogen (secondary N) is 1. The van der Waals surface area contributed by atoms with E-state index < -0.39 is 18.7 Å². The van der Waals surface area contributed by atoms with Crippen molar-refractivity contribution in [1.82, 2.24) is 5.32 Å². The van der Waals surface area contributed by atoms with Gasteiger partial charge < -0.3 is 26.5 Å². The third kappa shape index (κ3) is 4.42. The van der Waals surface area contributed by atoms with Crippen molar-refractivity contribution in [3.05, 3.63) is 41.5 Å². The third-order valence-corrected chi connectivity index (χ3v) is 3.74. The van der Waals surface area contributed by atoms with Crippen LogP contribution in [0.1, 0.15) is 32.4 Å². The molecule has 2 rings (SSSR count). The van der Waals surface area contributed by atoms with E-state index in [0.717, 1.165) is 11.0 Å². The van der Waals surface area contributed by atoms with Crippen LogP contribution in [0.4, 0.5) is 0 Å². The smallest absolute Gasteiger partial charge is 0.423 e. The summed E-state index contributed by atoms with van der Waals surface area (Å²) in [7, 11) is -0.957. The van der Waals surface area contributed by atoms with Gasteiger partial charge in [-0.3, -0.25) is 4.79 Å². The monoisotopic (exact) mass is 317 g/mol. The van der Waals surface area contributed by atoms with Gasteiger partial charge in [0.2, 0.25) is 5.91 Å². The van der Waals surface area contributed by atoms with Crippen molar-refractivity contribution < 1.29 is 14.5 Å². The lowest BCUT2D eigenvalue weighted by Crippen LogP contribution is -2.44. The fourth-order valence-electron chi connectivity index (χ4n) is 2.68. The van der Waals surface area contributed by atoms with Crippen molar-refractivity contribution in [2.24, 2.45) is 11.5 Å². The predicted octanol–water partition coefficient (Wildman–Crippen LogP) is -0.427. The van der Waals surface area contributed by atoms with E-state index in [1.807, 2.05) is 38.1 Å². The summed E-state index contributed by atoms with van der Waals surface area (Å²) >= 11 is 0. The molecule has 6 N–H and O–H groups in total. The fraction of sp³-hybridized carbons (Fsp3) is 0.438. The molecule has 23 heavy (non-hydrogen) atoms. The minimum Gasteiger partial charge on any atom is -0.423 e. The number of amides is 1. The SMILES string of the molecule is C/C(=C\C(C)(C)N)C(N)C(=O)NCC1OB(O)c2ccccc21. The Hall–Kier alpha value is -1.67. The van der Waals surface area contributed by atoms with Crippen molar-refractivity contribution in [2.75, 3.05) is 6.54 Å². The van der Waals surface area contributed by atoms with E-state index >= 15 is 0 Å². The average Bonchev–Trinajstić information content (AvgIpc) is 2.79. The van der Waals surface area contributed by atoms with Crippen LogP contribution in [0.3, 0.4) is 0 Å². The Kier molecular flexibility index (Phi) is 5.26. The van der Waals surface area contributed by atoms with E-state index in [1.54, 1.807) is 13.0 Å². The summed E-state index contributed by atoms with van der Waals surface area (Å²) < 4.78 is 5.47. The van der Waals surface area contributed by atoms with E-state index in [0.29, 0.717) is 5.57 Å². The van der Waals surface area contributed by atoms with E-state index in [4.69, 9.17) is 16.1 Å². The largest absolute Gasteiger partial charge is 0.492 e. The topological polar surface area (TPSA) is 111 Å². The van der Waals surface area contributed by atoms with Crippen LogP contribution in [0.5, 0.6) is 0 Å². The minimum atomic E-state index is -0.957. The Morgan fingerprint density at radius 1 is 1.52 bits per heavy atom. The number of carbonyl (C=O) groups is 1. The summed E-state index contributed by atoms with van der Waals surface area (Å²) in [5.74, 6) is -0.300. The highest BCUT2D eigenvalue weighted by molar-refractivity contribution is 6.61. The number of fused-ring (bicyclic) bond motifs is 1. The molecule has 6 nitrogen and oxygen atoms in total. The van der Waals surface area contributed by atoms with Gasteiger partial charge >= 0.3 is 7.12 Å². The molecular weight excluding hydrogens is 293 g/mol. The summed E-state index contributed by atoms with van der Waals surface area (Å²) in [6.07, 6.45) is 1.40. The minimum absolute atomic E-state index is 0.250. The molecule has 7 heteroatoms. The third-order valence-electron chi connectivity index (χ3n) is 3.74. The van der Waals surface area contributed by atoms with Gasteiger partial charge in [-0.2, -0.15) is 0 Å². The molecule has 2 atom stereocenters. The fourth-order valence-corrected chi connectivity index (χ4v) is 2.68. The molecular formula is C16H24BN3O3. The molecule has 124 valence electrons. The van der Waals surface area contributed by atoms with Crippen LogP contribution in [0.15, 0.2) is 35.9 Å². The molecule has 0 aromatic heterocycles. The molecule has 0 fully saturated rings. The maximum atomic E-state index is 12.2. The normalized spacial score (nSPS) is 19.5. The second-order valence-electron chi connectivity index (χ2n) is 6.54. The molecule has 1 aliphatic rings. The Labute approximate surface area is 137 Å². The van der Waals surface area contributed by atoms with Gasteiger partial charge in [-0.05, 0) is 37.4 Å². The zero-order chi connectivity index (χ0) is 17.2.